The Morgan fingerprint density at radius 1 is 0.730 bits per heavy atom. The van der Waals surface area contributed by atoms with Crippen LogP contribution in [0, 0.1) is 30.6 Å². The molecule has 0 saturated heterocycles. The first-order valence-corrected chi connectivity index (χ1v) is 13.6. The summed E-state index contributed by atoms with van der Waals surface area (Å²) in [6.07, 6.45) is 13.9. The molecule has 184 valence electrons. The van der Waals surface area contributed by atoms with Gasteiger partial charge < -0.3 is 9.97 Å². The number of nitrogens with zero attached hydrogens (tertiary/aromatic N) is 2. The van der Waals surface area contributed by atoms with Gasteiger partial charge in [-0.15, -0.1) is 0 Å². The van der Waals surface area contributed by atoms with E-state index in [-0.39, 0.29) is 0 Å². The second-order valence-corrected chi connectivity index (χ2v) is 10.4. The van der Waals surface area contributed by atoms with Crippen molar-refractivity contribution >= 4 is 0 Å². The Morgan fingerprint density at radius 2 is 1.38 bits per heavy atom. The molecule has 2 fully saturated rings. The van der Waals surface area contributed by atoms with Gasteiger partial charge in [-0.05, 0) is 79.2 Å². The highest BCUT2D eigenvalue weighted by Crippen LogP contribution is 2.35. The van der Waals surface area contributed by atoms with Crippen molar-refractivity contribution in [2.75, 3.05) is 0 Å². The quantitative estimate of drug-likeness (QED) is 0.295. The van der Waals surface area contributed by atoms with Crippen molar-refractivity contribution in [3.63, 3.8) is 0 Å². The number of aromatic amines is 2. The molecular weight excluding hydrogens is 452 g/mol. The van der Waals surface area contributed by atoms with Crippen LogP contribution in [0.1, 0.15) is 91.7 Å². The van der Waals surface area contributed by atoms with Gasteiger partial charge in [-0.25, -0.2) is 9.97 Å². The number of benzene rings is 2. The number of rotatable bonds is 4. The summed E-state index contributed by atoms with van der Waals surface area (Å²) in [5, 5.41) is 0. The lowest BCUT2D eigenvalue weighted by Gasteiger charge is -2.11. The first-order valence-electron chi connectivity index (χ1n) is 13.6. The predicted octanol–water partition coefficient (Wildman–Crippen LogP) is 7.49. The molecule has 0 atom stereocenters. The third kappa shape index (κ3) is 5.11. The van der Waals surface area contributed by atoms with Crippen molar-refractivity contribution in [3.8, 4) is 46.1 Å². The molecule has 2 N–H and O–H groups in total. The van der Waals surface area contributed by atoms with Crippen LogP contribution in [0.2, 0.25) is 0 Å². The van der Waals surface area contributed by atoms with Gasteiger partial charge in [-0.2, -0.15) is 0 Å². The van der Waals surface area contributed by atoms with E-state index in [0.717, 1.165) is 50.9 Å². The van der Waals surface area contributed by atoms with Gasteiger partial charge in [0, 0.05) is 23.0 Å². The molecule has 2 saturated carbocycles. The topological polar surface area (TPSA) is 57.4 Å². The first kappa shape index (κ1) is 23.4. The van der Waals surface area contributed by atoms with Crippen LogP contribution < -0.4 is 0 Å². The highest BCUT2D eigenvalue weighted by molar-refractivity contribution is 5.79. The third-order valence-corrected chi connectivity index (χ3v) is 7.85. The summed E-state index contributed by atoms with van der Waals surface area (Å²) in [5.74, 6) is 16.0. The summed E-state index contributed by atoms with van der Waals surface area (Å²) in [6, 6.07) is 14.9. The molecule has 4 heteroatoms. The molecule has 0 bridgehead atoms. The van der Waals surface area contributed by atoms with Gasteiger partial charge in [0.2, 0.25) is 0 Å². The second kappa shape index (κ2) is 10.5. The average molecular weight is 485 g/mol. The highest BCUT2D eigenvalue weighted by Gasteiger charge is 2.21. The molecule has 0 spiro atoms. The largest absolute Gasteiger partial charge is 0.342 e. The lowest BCUT2D eigenvalue weighted by atomic mass is 9.93. The van der Waals surface area contributed by atoms with Crippen LogP contribution in [0.15, 0.2) is 54.9 Å². The molecule has 0 amide bonds. The fourth-order valence-electron chi connectivity index (χ4n) is 5.84. The number of nitrogens with one attached hydrogen (secondary N) is 2. The second-order valence-electron chi connectivity index (χ2n) is 10.4. The zero-order chi connectivity index (χ0) is 25.0. The van der Waals surface area contributed by atoms with Crippen LogP contribution in [0.25, 0.3) is 22.4 Å². The molecule has 4 nitrogen and oxygen atoms in total. The highest BCUT2D eigenvalue weighted by atomic mass is 14.9. The SMILES string of the molecule is Cc1cc(-c2cnc(C3CCCC3)[nH]2)cc(-c2ccccc2)c1C#CC#Cc1cnc(C2CCCC2)[nH]1. The smallest absolute Gasteiger partial charge is 0.110 e. The third-order valence-electron chi connectivity index (χ3n) is 7.85. The van der Waals surface area contributed by atoms with E-state index < -0.39 is 0 Å². The fourth-order valence-corrected chi connectivity index (χ4v) is 5.84. The lowest BCUT2D eigenvalue weighted by Crippen LogP contribution is -1.95. The number of H-pyrrole nitrogens is 2. The number of hydrogen-bond donors (Lipinski definition) is 2. The maximum absolute atomic E-state index is 4.74. The van der Waals surface area contributed by atoms with Crippen molar-refractivity contribution in [2.24, 2.45) is 0 Å². The molecule has 2 aliphatic carbocycles. The van der Waals surface area contributed by atoms with Gasteiger partial charge in [0.25, 0.3) is 0 Å². The molecule has 2 aromatic heterocycles. The molecule has 0 unspecified atom stereocenters. The van der Waals surface area contributed by atoms with E-state index in [9.17, 15) is 0 Å². The molecule has 4 aromatic rings. The number of aromatic nitrogens is 4. The molecular formula is C33H32N4. The first-order chi connectivity index (χ1) is 18.2. The number of hydrogen-bond acceptors (Lipinski definition) is 2. The minimum atomic E-state index is 0.556. The summed E-state index contributed by atoms with van der Waals surface area (Å²) in [7, 11) is 0. The van der Waals surface area contributed by atoms with Crippen LogP contribution in [0.5, 0.6) is 0 Å². The molecule has 2 aromatic carbocycles. The Labute approximate surface area is 219 Å². The summed E-state index contributed by atoms with van der Waals surface area (Å²) < 4.78 is 0. The van der Waals surface area contributed by atoms with Crippen molar-refractivity contribution in [3.05, 3.63) is 83.3 Å². The Balaban J connectivity index is 1.31. The molecule has 0 aliphatic heterocycles. The van der Waals surface area contributed by atoms with Gasteiger partial charge >= 0.3 is 0 Å². The molecule has 37 heavy (non-hydrogen) atoms. The van der Waals surface area contributed by atoms with Crippen LogP contribution in [-0.2, 0) is 0 Å². The van der Waals surface area contributed by atoms with E-state index in [1.54, 1.807) is 0 Å². The Morgan fingerprint density at radius 3 is 2.11 bits per heavy atom. The van der Waals surface area contributed by atoms with Crippen LogP contribution >= 0.6 is 0 Å². The van der Waals surface area contributed by atoms with E-state index in [2.05, 4.69) is 82.0 Å². The van der Waals surface area contributed by atoms with Crippen molar-refractivity contribution in [1.82, 2.24) is 19.9 Å². The minimum Gasteiger partial charge on any atom is -0.342 e. The Bertz CT molecular complexity index is 1500. The lowest BCUT2D eigenvalue weighted by molar-refractivity contribution is 0.678. The maximum Gasteiger partial charge on any atom is 0.110 e. The van der Waals surface area contributed by atoms with Crippen LogP contribution in [0.4, 0.5) is 0 Å². The Hall–Kier alpha value is -4.02. The number of imidazole rings is 2. The molecule has 6 rings (SSSR count). The number of aryl methyl sites for hydroxylation is 1. The van der Waals surface area contributed by atoms with Crippen molar-refractivity contribution in [2.45, 2.75) is 70.1 Å². The zero-order valence-electron chi connectivity index (χ0n) is 21.4. The summed E-state index contributed by atoms with van der Waals surface area (Å²) >= 11 is 0. The van der Waals surface area contributed by atoms with Gasteiger partial charge in [0.1, 0.15) is 17.3 Å². The minimum absolute atomic E-state index is 0.556. The van der Waals surface area contributed by atoms with E-state index in [1.165, 1.54) is 51.4 Å². The van der Waals surface area contributed by atoms with Crippen molar-refractivity contribution < 1.29 is 0 Å². The van der Waals surface area contributed by atoms with Crippen molar-refractivity contribution in [1.29, 1.82) is 0 Å². The van der Waals surface area contributed by atoms with Crippen LogP contribution in [0.3, 0.4) is 0 Å². The molecule has 0 radical (unpaired) electrons. The summed E-state index contributed by atoms with van der Waals surface area (Å²) in [4.78, 5) is 16.3. The fraction of sp³-hybridized carbons (Fsp3) is 0.333. The Kier molecular flexibility index (Phi) is 6.66. The standard InChI is InChI=1S/C33H32N4/c1-23-19-27(31-22-35-33(37-31)26-15-7-8-16-26)20-30(24-11-3-2-4-12-24)29(23)18-10-9-17-28-21-34-32(36-28)25-13-5-6-14-25/h2-4,11-12,19-22,25-26H,5-8,13-16H2,1H3,(H,34,36)(H,35,37). The predicted molar refractivity (Wildman–Crippen MR) is 149 cm³/mol. The summed E-state index contributed by atoms with van der Waals surface area (Å²) in [5.41, 5.74) is 7.45. The monoisotopic (exact) mass is 484 g/mol. The van der Waals surface area contributed by atoms with Gasteiger partial charge in [-0.3, -0.25) is 0 Å². The van der Waals surface area contributed by atoms with E-state index in [4.69, 9.17) is 4.98 Å². The zero-order valence-corrected chi connectivity index (χ0v) is 21.4. The van der Waals surface area contributed by atoms with Gasteiger partial charge in [0.15, 0.2) is 0 Å². The normalized spacial score (nSPS) is 15.8. The van der Waals surface area contributed by atoms with E-state index >= 15 is 0 Å². The average Bonchev–Trinajstić information content (AvgIpc) is 3.74. The van der Waals surface area contributed by atoms with E-state index in [0.29, 0.717) is 11.8 Å². The van der Waals surface area contributed by atoms with E-state index in [1.807, 2.05) is 18.5 Å². The molecule has 2 aliphatic rings. The van der Waals surface area contributed by atoms with Crippen LogP contribution in [-0.4, -0.2) is 19.9 Å². The maximum atomic E-state index is 4.74. The van der Waals surface area contributed by atoms with Gasteiger partial charge in [-0.1, -0.05) is 61.9 Å². The van der Waals surface area contributed by atoms with Gasteiger partial charge in [0.05, 0.1) is 18.1 Å². The molecule has 2 heterocycles. The summed E-state index contributed by atoms with van der Waals surface area (Å²) in [6.45, 7) is 2.13.